The highest BCUT2D eigenvalue weighted by Crippen LogP contribution is 2.45. The largest absolute Gasteiger partial charge is 0.493 e. The number of aromatic nitrogens is 1. The van der Waals surface area contributed by atoms with Crippen molar-refractivity contribution in [2.75, 3.05) is 32.3 Å². The van der Waals surface area contributed by atoms with Gasteiger partial charge < -0.3 is 33.7 Å². The highest BCUT2D eigenvalue weighted by atomic mass is 35.5. The standard InChI is InChI=1S/C36H39ClN2O8/c1-36(2,21-40)20-39-27-16-14-23(37)17-25(27)33(24-11-8-12-28(44-3)34(24)45-4)47-30(35(39)43)18-31-38-26(29(46-31)19-32(41)42)15-13-22-9-6-5-7-10-22/h5-12,14,16-17,30,33,40H,13,15,18-21H2,1-4H3,(H,41,42)/t30-,33-/m1/s1. The molecule has 0 unspecified atom stereocenters. The van der Waals surface area contributed by atoms with E-state index in [0.29, 0.717) is 51.9 Å². The van der Waals surface area contributed by atoms with Crippen LogP contribution in [0, 0.1) is 5.41 Å². The van der Waals surface area contributed by atoms with Crippen molar-refractivity contribution in [2.45, 2.75) is 51.7 Å². The Morgan fingerprint density at radius 1 is 1.02 bits per heavy atom. The van der Waals surface area contributed by atoms with E-state index in [1.54, 1.807) is 29.2 Å². The number of para-hydroxylation sites is 1. The van der Waals surface area contributed by atoms with E-state index in [1.807, 2.05) is 56.3 Å². The van der Waals surface area contributed by atoms with Gasteiger partial charge in [0.15, 0.2) is 17.4 Å². The number of carboxylic acids is 1. The summed E-state index contributed by atoms with van der Waals surface area (Å²) in [4.78, 5) is 32.5. The third-order valence-electron chi connectivity index (χ3n) is 8.12. The molecule has 2 N–H and O–H groups in total. The Bertz CT molecular complexity index is 1720. The number of amides is 1. The minimum absolute atomic E-state index is 0.0721. The van der Waals surface area contributed by atoms with Crippen molar-refractivity contribution < 1.29 is 38.4 Å². The lowest BCUT2D eigenvalue weighted by atomic mass is 9.92. The van der Waals surface area contributed by atoms with E-state index in [2.05, 4.69) is 4.98 Å². The predicted octanol–water partition coefficient (Wildman–Crippen LogP) is 5.84. The van der Waals surface area contributed by atoms with Crippen molar-refractivity contribution in [2.24, 2.45) is 5.41 Å². The number of fused-ring (bicyclic) bond motifs is 1. The zero-order valence-corrected chi connectivity index (χ0v) is 27.6. The fourth-order valence-electron chi connectivity index (χ4n) is 5.77. The minimum atomic E-state index is -1.12. The molecule has 10 nitrogen and oxygen atoms in total. The summed E-state index contributed by atoms with van der Waals surface area (Å²) in [5.74, 6) is -0.0807. The van der Waals surface area contributed by atoms with Crippen LogP contribution in [0.25, 0.3) is 0 Å². The summed E-state index contributed by atoms with van der Waals surface area (Å²) in [6, 6.07) is 20.5. The van der Waals surface area contributed by atoms with Crippen LogP contribution in [-0.4, -0.2) is 60.5 Å². The van der Waals surface area contributed by atoms with Crippen LogP contribution < -0.4 is 14.4 Å². The minimum Gasteiger partial charge on any atom is -0.493 e. The molecule has 2 atom stereocenters. The van der Waals surface area contributed by atoms with Gasteiger partial charge in [-0.05, 0) is 42.7 Å². The van der Waals surface area contributed by atoms with Gasteiger partial charge in [-0.2, -0.15) is 0 Å². The fourth-order valence-corrected chi connectivity index (χ4v) is 5.95. The number of aliphatic hydroxyl groups is 1. The number of oxazole rings is 1. The van der Waals surface area contributed by atoms with E-state index in [1.165, 1.54) is 14.2 Å². The predicted molar refractivity (Wildman–Crippen MR) is 176 cm³/mol. The van der Waals surface area contributed by atoms with E-state index in [4.69, 9.17) is 30.2 Å². The molecule has 1 aliphatic rings. The van der Waals surface area contributed by atoms with Crippen molar-refractivity contribution in [1.29, 1.82) is 0 Å². The summed E-state index contributed by atoms with van der Waals surface area (Å²) in [5.41, 5.74) is 2.74. The number of anilines is 1. The van der Waals surface area contributed by atoms with Gasteiger partial charge >= 0.3 is 5.97 Å². The molecule has 0 bridgehead atoms. The van der Waals surface area contributed by atoms with Gasteiger partial charge in [0.2, 0.25) is 0 Å². The number of hydrogen-bond acceptors (Lipinski definition) is 8. The Hall–Kier alpha value is -4.38. The SMILES string of the molecule is COc1cccc([C@H]2O[C@H](Cc3nc(CCc4ccccc4)c(CC(=O)O)o3)C(=O)N(CC(C)(C)CO)c3ccc(Cl)cc32)c1OC. The van der Waals surface area contributed by atoms with Gasteiger partial charge in [-0.15, -0.1) is 0 Å². The number of carbonyl (C=O) groups excluding carboxylic acids is 1. The molecule has 3 aromatic carbocycles. The Balaban J connectivity index is 1.59. The molecule has 0 fully saturated rings. The van der Waals surface area contributed by atoms with Gasteiger partial charge in [0.25, 0.3) is 5.91 Å². The topological polar surface area (TPSA) is 132 Å². The van der Waals surface area contributed by atoms with Crippen molar-refractivity contribution in [3.63, 3.8) is 0 Å². The molecule has 11 heteroatoms. The summed E-state index contributed by atoms with van der Waals surface area (Å²) in [7, 11) is 3.07. The summed E-state index contributed by atoms with van der Waals surface area (Å²) in [6.45, 7) is 3.74. The lowest BCUT2D eigenvalue weighted by Gasteiger charge is -2.32. The molecule has 0 saturated heterocycles. The van der Waals surface area contributed by atoms with Crippen molar-refractivity contribution in [3.8, 4) is 11.5 Å². The van der Waals surface area contributed by atoms with E-state index >= 15 is 0 Å². The van der Waals surface area contributed by atoms with Gasteiger partial charge in [-0.25, -0.2) is 4.98 Å². The van der Waals surface area contributed by atoms with Crippen LogP contribution in [0.4, 0.5) is 5.69 Å². The smallest absolute Gasteiger partial charge is 0.311 e. The Labute approximate surface area is 278 Å². The number of aliphatic carboxylic acids is 1. The Morgan fingerprint density at radius 3 is 2.47 bits per heavy atom. The number of hydrogen-bond donors (Lipinski definition) is 2. The van der Waals surface area contributed by atoms with Crippen LogP contribution >= 0.6 is 11.6 Å². The third kappa shape index (κ3) is 7.78. The number of ether oxygens (including phenoxy) is 3. The molecule has 4 aromatic rings. The normalized spacial score (nSPS) is 16.5. The molecule has 0 aliphatic carbocycles. The zero-order valence-electron chi connectivity index (χ0n) is 26.9. The maximum atomic E-state index is 14.5. The average molecular weight is 663 g/mol. The Kier molecular flexibility index (Phi) is 10.5. The number of aliphatic hydroxyl groups excluding tert-OH is 1. The van der Waals surface area contributed by atoms with E-state index in [-0.39, 0.29) is 43.6 Å². The first-order chi connectivity index (χ1) is 22.5. The highest BCUT2D eigenvalue weighted by Gasteiger charge is 2.40. The average Bonchev–Trinajstić information content (AvgIpc) is 3.39. The number of rotatable bonds is 13. The molecule has 47 heavy (non-hydrogen) atoms. The molecule has 2 heterocycles. The highest BCUT2D eigenvalue weighted by molar-refractivity contribution is 6.30. The van der Waals surface area contributed by atoms with Gasteiger partial charge in [-0.3, -0.25) is 9.59 Å². The fraction of sp³-hybridized carbons (Fsp3) is 0.361. The van der Waals surface area contributed by atoms with Crippen LogP contribution in [0.15, 0.2) is 71.1 Å². The lowest BCUT2D eigenvalue weighted by Crippen LogP contribution is -2.46. The van der Waals surface area contributed by atoms with Crippen LogP contribution in [-0.2, 0) is 40.0 Å². The number of aryl methyl sites for hydroxylation is 2. The second kappa shape index (κ2) is 14.6. The maximum absolute atomic E-state index is 14.5. The monoisotopic (exact) mass is 662 g/mol. The molecular weight excluding hydrogens is 624 g/mol. The number of benzene rings is 3. The van der Waals surface area contributed by atoms with Crippen molar-refractivity contribution >= 4 is 29.2 Å². The first kappa shape index (κ1) is 34.0. The zero-order chi connectivity index (χ0) is 33.7. The summed E-state index contributed by atoms with van der Waals surface area (Å²) in [5, 5.41) is 20.2. The van der Waals surface area contributed by atoms with Gasteiger partial charge in [0.1, 0.15) is 24.4 Å². The molecule has 5 rings (SSSR count). The van der Waals surface area contributed by atoms with Gasteiger partial charge in [0, 0.05) is 40.4 Å². The summed E-state index contributed by atoms with van der Waals surface area (Å²) in [6.07, 6.45) is -1.28. The Morgan fingerprint density at radius 2 is 1.79 bits per heavy atom. The maximum Gasteiger partial charge on any atom is 0.311 e. The second-order valence-electron chi connectivity index (χ2n) is 12.3. The second-order valence-corrected chi connectivity index (χ2v) is 12.7. The first-order valence-corrected chi connectivity index (χ1v) is 15.7. The van der Waals surface area contributed by atoms with E-state index in [9.17, 15) is 19.8 Å². The molecular formula is C36H39ClN2O8. The quantitative estimate of drug-likeness (QED) is 0.181. The molecule has 0 spiro atoms. The van der Waals surface area contributed by atoms with Crippen LogP contribution in [0.2, 0.25) is 5.02 Å². The summed E-state index contributed by atoms with van der Waals surface area (Å²) < 4.78 is 24.1. The van der Waals surface area contributed by atoms with Crippen LogP contribution in [0.3, 0.4) is 0 Å². The number of halogens is 1. The molecule has 248 valence electrons. The third-order valence-corrected chi connectivity index (χ3v) is 8.36. The molecule has 1 aliphatic heterocycles. The molecule has 0 saturated carbocycles. The number of methoxy groups -OCH3 is 2. The van der Waals surface area contributed by atoms with E-state index < -0.39 is 23.6 Å². The van der Waals surface area contributed by atoms with Crippen LogP contribution in [0.1, 0.15) is 54.0 Å². The number of carboxylic acid groups (broad SMARTS) is 1. The van der Waals surface area contributed by atoms with Gasteiger partial charge in [-0.1, -0.05) is 67.9 Å². The van der Waals surface area contributed by atoms with Crippen LogP contribution in [0.5, 0.6) is 11.5 Å². The number of nitrogens with zero attached hydrogens (tertiary/aromatic N) is 2. The molecule has 1 aromatic heterocycles. The first-order valence-electron chi connectivity index (χ1n) is 15.3. The van der Waals surface area contributed by atoms with Gasteiger partial charge in [0.05, 0.1) is 26.3 Å². The molecule has 0 radical (unpaired) electrons. The number of carbonyl (C=O) groups is 2. The summed E-state index contributed by atoms with van der Waals surface area (Å²) >= 11 is 6.53. The van der Waals surface area contributed by atoms with Crippen molar-refractivity contribution in [3.05, 3.63) is 106 Å². The molecule has 1 amide bonds. The lowest BCUT2D eigenvalue weighted by molar-refractivity contribution is -0.136. The van der Waals surface area contributed by atoms with Crippen molar-refractivity contribution in [1.82, 2.24) is 4.98 Å². The van der Waals surface area contributed by atoms with E-state index in [0.717, 1.165) is 5.56 Å².